The highest BCUT2D eigenvalue weighted by Crippen LogP contribution is 2.11. The molecule has 0 bridgehead atoms. The molecule has 0 saturated heterocycles. The minimum atomic E-state index is -1.13. The number of rotatable bonds is 9. The standard InChI is InChI=1S/C13H28N6O6/c1-13(2,3)25-12(21)16-9(10(20)18(4)24-5)7-6-8-15-11(14)17-19(22)23/h9-10,20H,6-8H2,1-5H3,(H,16,21)(H3,14,15,17)/t9-,10-/m0/s1. The molecule has 0 unspecified atom stereocenters. The summed E-state index contributed by atoms with van der Waals surface area (Å²) < 4.78 is 5.17. The number of hydrazine groups is 1. The molecule has 0 aromatic heterocycles. The zero-order chi connectivity index (χ0) is 19.6. The van der Waals surface area contributed by atoms with Crippen molar-refractivity contribution >= 4 is 12.1 Å². The number of aliphatic hydroxyl groups excluding tert-OH is 1. The predicted octanol–water partition coefficient (Wildman–Crippen LogP) is -0.432. The fourth-order valence-electron chi connectivity index (χ4n) is 1.76. The van der Waals surface area contributed by atoms with E-state index >= 15 is 0 Å². The van der Waals surface area contributed by atoms with Crippen molar-refractivity contribution in [2.75, 3.05) is 20.7 Å². The molecule has 0 heterocycles. The van der Waals surface area contributed by atoms with Crippen LogP contribution in [0.25, 0.3) is 0 Å². The maximum atomic E-state index is 11.9. The third-order valence-electron chi connectivity index (χ3n) is 2.88. The number of nitrogens with one attached hydrogen (secondary N) is 2. The lowest BCUT2D eigenvalue weighted by Crippen LogP contribution is -2.51. The first-order valence-corrected chi connectivity index (χ1v) is 7.61. The number of hydrogen-bond donors (Lipinski definition) is 4. The Hall–Kier alpha value is -2.18. The molecule has 25 heavy (non-hydrogen) atoms. The van der Waals surface area contributed by atoms with Crippen molar-refractivity contribution < 1.29 is 24.5 Å². The molecule has 1 amide bonds. The van der Waals surface area contributed by atoms with E-state index < -0.39 is 29.0 Å². The Morgan fingerprint density at radius 2 is 2.08 bits per heavy atom. The highest BCUT2D eigenvalue weighted by molar-refractivity contribution is 5.76. The van der Waals surface area contributed by atoms with Gasteiger partial charge in [0.2, 0.25) is 0 Å². The van der Waals surface area contributed by atoms with Gasteiger partial charge in [0.25, 0.3) is 5.96 Å². The second kappa shape index (κ2) is 10.6. The highest BCUT2D eigenvalue weighted by Gasteiger charge is 2.27. The molecule has 0 aromatic rings. The number of carbonyl (C=O) groups excluding carboxylic acids is 1. The molecule has 0 rings (SSSR count). The average molecular weight is 364 g/mol. The van der Waals surface area contributed by atoms with Crippen LogP contribution in [0.15, 0.2) is 4.99 Å². The van der Waals surface area contributed by atoms with Gasteiger partial charge in [-0.15, -0.1) is 0 Å². The van der Waals surface area contributed by atoms with Gasteiger partial charge in [-0.1, -0.05) is 5.43 Å². The molecular weight excluding hydrogens is 336 g/mol. The van der Waals surface area contributed by atoms with Crippen molar-refractivity contribution in [1.29, 1.82) is 0 Å². The lowest BCUT2D eigenvalue weighted by atomic mass is 10.1. The topological polar surface area (TPSA) is 165 Å². The Labute approximate surface area is 146 Å². The molecule has 0 aliphatic heterocycles. The summed E-state index contributed by atoms with van der Waals surface area (Å²) >= 11 is 0. The second-order valence-electron chi connectivity index (χ2n) is 6.17. The van der Waals surface area contributed by atoms with E-state index in [4.69, 9.17) is 15.3 Å². The number of nitrogens with two attached hydrogens (primary N) is 1. The quantitative estimate of drug-likeness (QED) is 0.106. The van der Waals surface area contributed by atoms with Gasteiger partial charge >= 0.3 is 6.09 Å². The fraction of sp³-hybridized carbons (Fsp3) is 0.846. The van der Waals surface area contributed by atoms with Crippen molar-refractivity contribution in [3.05, 3.63) is 10.1 Å². The lowest BCUT2D eigenvalue weighted by Gasteiger charge is -2.30. The normalized spacial score (nSPS) is 14.8. The molecule has 0 radical (unpaired) electrons. The first-order valence-electron chi connectivity index (χ1n) is 7.61. The van der Waals surface area contributed by atoms with Crippen LogP contribution in [-0.2, 0) is 9.57 Å². The molecule has 5 N–H and O–H groups in total. The Morgan fingerprint density at radius 3 is 2.56 bits per heavy atom. The van der Waals surface area contributed by atoms with Crippen molar-refractivity contribution in [3.63, 3.8) is 0 Å². The van der Waals surface area contributed by atoms with Crippen molar-refractivity contribution in [2.45, 2.75) is 51.5 Å². The number of alkyl carbamates (subject to hydrolysis) is 1. The summed E-state index contributed by atoms with van der Waals surface area (Å²) in [7, 11) is 2.88. The number of ether oxygens (including phenoxy) is 1. The number of aliphatic hydroxyl groups is 1. The van der Waals surface area contributed by atoms with Gasteiger partial charge in [-0.05, 0) is 33.6 Å². The molecule has 0 aliphatic rings. The third-order valence-corrected chi connectivity index (χ3v) is 2.88. The van der Waals surface area contributed by atoms with E-state index in [1.165, 1.54) is 19.2 Å². The summed E-state index contributed by atoms with van der Waals surface area (Å²) in [6, 6.07) is -0.709. The summed E-state index contributed by atoms with van der Waals surface area (Å²) in [5.41, 5.74) is 6.34. The summed E-state index contributed by atoms with van der Waals surface area (Å²) in [5, 5.41) is 23.4. The number of likely N-dealkylation sites (N-methyl/N-ethyl adjacent to an activating group) is 1. The van der Waals surface area contributed by atoms with E-state index in [9.17, 15) is 20.0 Å². The Kier molecular flexibility index (Phi) is 9.71. The lowest BCUT2D eigenvalue weighted by molar-refractivity contribution is -0.525. The molecule has 12 nitrogen and oxygen atoms in total. The highest BCUT2D eigenvalue weighted by atomic mass is 16.7. The molecule has 12 heteroatoms. The van der Waals surface area contributed by atoms with Gasteiger partial charge < -0.3 is 20.9 Å². The molecule has 0 fully saturated rings. The monoisotopic (exact) mass is 364 g/mol. The van der Waals surface area contributed by atoms with Crippen LogP contribution in [0, 0.1) is 10.1 Å². The van der Waals surface area contributed by atoms with Crippen LogP contribution in [0.2, 0.25) is 0 Å². The van der Waals surface area contributed by atoms with Crippen LogP contribution in [0.1, 0.15) is 33.6 Å². The van der Waals surface area contributed by atoms with Crippen molar-refractivity contribution in [2.24, 2.45) is 10.7 Å². The van der Waals surface area contributed by atoms with Gasteiger partial charge in [-0.3, -0.25) is 4.84 Å². The average Bonchev–Trinajstić information content (AvgIpc) is 2.46. The summed E-state index contributed by atoms with van der Waals surface area (Å²) in [6.07, 6.45) is -1.10. The molecule has 0 aliphatic carbocycles. The minimum Gasteiger partial charge on any atom is -0.444 e. The van der Waals surface area contributed by atoms with Crippen LogP contribution in [0.5, 0.6) is 0 Å². The Balaban J connectivity index is 4.69. The van der Waals surface area contributed by atoms with E-state index in [2.05, 4.69) is 10.3 Å². The van der Waals surface area contributed by atoms with Gasteiger partial charge in [0.1, 0.15) is 11.8 Å². The van der Waals surface area contributed by atoms with Crippen LogP contribution >= 0.6 is 0 Å². The van der Waals surface area contributed by atoms with Gasteiger partial charge in [-0.2, -0.15) is 5.06 Å². The van der Waals surface area contributed by atoms with Gasteiger partial charge in [0.05, 0.1) is 13.2 Å². The number of aliphatic imine (C=N–C) groups is 1. The smallest absolute Gasteiger partial charge is 0.408 e. The van der Waals surface area contributed by atoms with Crippen molar-refractivity contribution in [3.8, 4) is 0 Å². The van der Waals surface area contributed by atoms with E-state index in [1.807, 2.05) is 0 Å². The van der Waals surface area contributed by atoms with E-state index in [0.717, 1.165) is 0 Å². The number of hydrogen-bond acceptors (Lipinski definition) is 8. The molecule has 0 spiro atoms. The van der Waals surface area contributed by atoms with Crippen LogP contribution in [-0.4, -0.2) is 65.8 Å². The number of amides is 1. The zero-order valence-electron chi connectivity index (χ0n) is 15.2. The summed E-state index contributed by atoms with van der Waals surface area (Å²) in [5.74, 6) is -0.323. The first kappa shape index (κ1) is 22.8. The number of nitro groups is 1. The maximum absolute atomic E-state index is 11.9. The summed E-state index contributed by atoms with van der Waals surface area (Å²) in [4.78, 5) is 30.8. The fourth-order valence-corrected chi connectivity index (χ4v) is 1.76. The molecule has 146 valence electrons. The molecule has 2 atom stereocenters. The van der Waals surface area contributed by atoms with E-state index in [1.54, 1.807) is 26.2 Å². The molecule has 0 saturated carbocycles. The third kappa shape index (κ3) is 11.1. The number of hydroxylamine groups is 2. The number of carbonyl (C=O) groups is 1. The zero-order valence-corrected chi connectivity index (χ0v) is 15.2. The largest absolute Gasteiger partial charge is 0.444 e. The predicted molar refractivity (Wildman–Crippen MR) is 89.8 cm³/mol. The van der Waals surface area contributed by atoms with Crippen LogP contribution < -0.4 is 16.5 Å². The number of guanidine groups is 1. The molecule has 0 aromatic carbocycles. The second-order valence-corrected chi connectivity index (χ2v) is 6.17. The Morgan fingerprint density at radius 1 is 1.48 bits per heavy atom. The first-order chi connectivity index (χ1) is 11.5. The van der Waals surface area contributed by atoms with Crippen molar-refractivity contribution in [1.82, 2.24) is 15.8 Å². The van der Waals surface area contributed by atoms with Gasteiger partial charge in [-0.25, -0.2) is 19.9 Å². The molecular formula is C13H28N6O6. The SMILES string of the molecule is CON(C)[C@@H](O)[C@H](CCCN=C(N)N[N+](=O)[O-])NC(=O)OC(C)(C)C. The maximum Gasteiger partial charge on any atom is 0.408 e. The van der Waals surface area contributed by atoms with E-state index in [0.29, 0.717) is 12.8 Å². The van der Waals surface area contributed by atoms with Gasteiger partial charge in [0, 0.05) is 13.6 Å². The van der Waals surface area contributed by atoms with E-state index in [-0.39, 0.29) is 12.5 Å². The number of nitrogens with zero attached hydrogens (tertiary/aromatic N) is 3. The van der Waals surface area contributed by atoms with Crippen LogP contribution in [0.3, 0.4) is 0 Å². The minimum absolute atomic E-state index is 0.169. The summed E-state index contributed by atoms with van der Waals surface area (Å²) in [6.45, 7) is 5.33. The van der Waals surface area contributed by atoms with Crippen LogP contribution in [0.4, 0.5) is 4.79 Å². The van der Waals surface area contributed by atoms with Gasteiger partial charge in [0.15, 0.2) is 5.03 Å². The Bertz CT molecular complexity index is 466.